The lowest BCUT2D eigenvalue weighted by Crippen LogP contribution is -2.26. The highest BCUT2D eigenvalue weighted by Gasteiger charge is 2.39. The lowest BCUT2D eigenvalue weighted by atomic mass is 9.93. The monoisotopic (exact) mass is 270 g/mol. The molecular weight excluding hydrogens is 252 g/mol. The molecule has 0 aromatic heterocycles. The molecule has 1 fully saturated rings. The number of amides is 2. The average Bonchev–Trinajstić information content (AvgIpc) is 3.09. The van der Waals surface area contributed by atoms with Gasteiger partial charge in [0.25, 0.3) is 5.91 Å². The molecular formula is C16H18N2O2. The van der Waals surface area contributed by atoms with Crippen LogP contribution in [0.4, 0.5) is 5.69 Å². The molecule has 2 N–H and O–H groups in total. The topological polar surface area (TPSA) is 58.2 Å². The molecule has 0 radical (unpaired) electrons. The number of anilines is 1. The molecule has 2 amide bonds. The molecule has 0 saturated heterocycles. The summed E-state index contributed by atoms with van der Waals surface area (Å²) >= 11 is 0. The Labute approximate surface area is 118 Å². The molecule has 20 heavy (non-hydrogen) atoms. The van der Waals surface area contributed by atoms with E-state index in [1.807, 2.05) is 6.07 Å². The molecule has 2 bridgehead atoms. The molecule has 1 saturated carbocycles. The first-order valence-corrected chi connectivity index (χ1v) is 6.98. The molecule has 0 heterocycles. The van der Waals surface area contributed by atoms with Crippen molar-refractivity contribution in [1.82, 2.24) is 5.32 Å². The van der Waals surface area contributed by atoms with Crippen molar-refractivity contribution < 1.29 is 9.59 Å². The van der Waals surface area contributed by atoms with E-state index < -0.39 is 0 Å². The van der Waals surface area contributed by atoms with Crippen molar-refractivity contribution in [3.63, 3.8) is 0 Å². The predicted octanol–water partition coefficient (Wildman–Crippen LogP) is 2.20. The SMILES string of the molecule is CNC(=O)c1cccc(NC(=O)C2CC3C=CC2C3)c1. The molecule has 2 aliphatic carbocycles. The van der Waals surface area contributed by atoms with Crippen molar-refractivity contribution in [2.24, 2.45) is 17.8 Å². The van der Waals surface area contributed by atoms with Gasteiger partial charge in [-0.3, -0.25) is 9.59 Å². The number of rotatable bonds is 3. The summed E-state index contributed by atoms with van der Waals surface area (Å²) < 4.78 is 0. The Morgan fingerprint density at radius 3 is 2.70 bits per heavy atom. The minimum Gasteiger partial charge on any atom is -0.355 e. The van der Waals surface area contributed by atoms with Gasteiger partial charge >= 0.3 is 0 Å². The Morgan fingerprint density at radius 2 is 2.05 bits per heavy atom. The van der Waals surface area contributed by atoms with Crippen LogP contribution in [0.25, 0.3) is 0 Å². The second-order valence-electron chi connectivity index (χ2n) is 5.54. The summed E-state index contributed by atoms with van der Waals surface area (Å²) in [6, 6.07) is 7.03. The van der Waals surface area contributed by atoms with Crippen LogP contribution in [0, 0.1) is 17.8 Å². The first kappa shape index (κ1) is 12.9. The van der Waals surface area contributed by atoms with Crippen LogP contribution in [-0.4, -0.2) is 18.9 Å². The summed E-state index contributed by atoms with van der Waals surface area (Å²) in [6.07, 6.45) is 6.44. The Kier molecular flexibility index (Phi) is 3.30. The van der Waals surface area contributed by atoms with E-state index in [9.17, 15) is 9.59 Å². The van der Waals surface area contributed by atoms with Crippen molar-refractivity contribution in [3.05, 3.63) is 42.0 Å². The van der Waals surface area contributed by atoms with Crippen LogP contribution < -0.4 is 10.6 Å². The highest BCUT2D eigenvalue weighted by atomic mass is 16.2. The number of benzene rings is 1. The standard InChI is InChI=1S/C16H18N2O2/c1-17-15(19)12-3-2-4-13(9-12)18-16(20)14-8-10-5-6-11(14)7-10/h2-6,9-11,14H,7-8H2,1H3,(H,17,19)(H,18,20). The van der Waals surface area contributed by atoms with Gasteiger partial charge in [0, 0.05) is 24.2 Å². The Hall–Kier alpha value is -2.10. The summed E-state index contributed by atoms with van der Waals surface area (Å²) in [4.78, 5) is 23.9. The van der Waals surface area contributed by atoms with Crippen molar-refractivity contribution in [1.29, 1.82) is 0 Å². The predicted molar refractivity (Wildman–Crippen MR) is 77.3 cm³/mol. The Morgan fingerprint density at radius 1 is 1.20 bits per heavy atom. The van der Waals surface area contributed by atoms with Gasteiger partial charge < -0.3 is 10.6 Å². The van der Waals surface area contributed by atoms with Crippen LogP contribution in [0.15, 0.2) is 36.4 Å². The maximum absolute atomic E-state index is 12.3. The van der Waals surface area contributed by atoms with Gasteiger partial charge in [0.05, 0.1) is 0 Å². The largest absolute Gasteiger partial charge is 0.355 e. The fraction of sp³-hybridized carbons (Fsp3) is 0.375. The molecule has 104 valence electrons. The van der Waals surface area contributed by atoms with Crippen LogP contribution in [0.3, 0.4) is 0 Å². The fourth-order valence-corrected chi connectivity index (χ4v) is 3.20. The quantitative estimate of drug-likeness (QED) is 0.827. The van der Waals surface area contributed by atoms with Gasteiger partial charge in [-0.25, -0.2) is 0 Å². The molecule has 4 heteroatoms. The average molecular weight is 270 g/mol. The molecule has 1 aromatic carbocycles. The molecule has 1 aromatic rings. The van der Waals surface area contributed by atoms with Gasteiger partial charge in [0.2, 0.25) is 5.91 Å². The number of fused-ring (bicyclic) bond motifs is 2. The normalized spacial score (nSPS) is 26.6. The third-order valence-corrected chi connectivity index (χ3v) is 4.24. The van der Waals surface area contributed by atoms with E-state index in [-0.39, 0.29) is 17.7 Å². The van der Waals surface area contributed by atoms with E-state index in [4.69, 9.17) is 0 Å². The van der Waals surface area contributed by atoms with Crippen LogP contribution in [0.1, 0.15) is 23.2 Å². The number of hydrogen-bond acceptors (Lipinski definition) is 2. The second kappa shape index (κ2) is 5.12. The molecule has 0 spiro atoms. The fourth-order valence-electron chi connectivity index (χ4n) is 3.20. The lowest BCUT2D eigenvalue weighted by Gasteiger charge is -2.17. The number of allylic oxidation sites excluding steroid dienone is 2. The van der Waals surface area contributed by atoms with Crippen LogP contribution in [-0.2, 0) is 4.79 Å². The lowest BCUT2D eigenvalue weighted by molar-refractivity contribution is -0.120. The summed E-state index contributed by atoms with van der Waals surface area (Å²) in [7, 11) is 1.59. The first-order chi connectivity index (χ1) is 9.67. The minimum atomic E-state index is -0.149. The van der Waals surface area contributed by atoms with Crippen molar-refractivity contribution in [2.75, 3.05) is 12.4 Å². The number of nitrogens with one attached hydrogen (secondary N) is 2. The third-order valence-electron chi connectivity index (χ3n) is 4.24. The Bertz CT molecular complexity index is 580. The molecule has 0 aliphatic heterocycles. The van der Waals surface area contributed by atoms with Crippen molar-refractivity contribution in [3.8, 4) is 0 Å². The highest BCUT2D eigenvalue weighted by molar-refractivity contribution is 5.97. The number of hydrogen-bond donors (Lipinski definition) is 2. The zero-order valence-electron chi connectivity index (χ0n) is 11.4. The molecule has 2 aliphatic rings. The van der Waals surface area contributed by atoms with Crippen LogP contribution in [0.5, 0.6) is 0 Å². The van der Waals surface area contributed by atoms with Gasteiger partial charge in [-0.05, 0) is 42.9 Å². The van der Waals surface area contributed by atoms with Gasteiger partial charge in [-0.2, -0.15) is 0 Å². The number of carbonyl (C=O) groups excluding carboxylic acids is 2. The highest BCUT2D eigenvalue weighted by Crippen LogP contribution is 2.43. The molecule has 4 nitrogen and oxygen atoms in total. The molecule has 3 atom stereocenters. The summed E-state index contributed by atoms with van der Waals surface area (Å²) in [5.41, 5.74) is 1.24. The van der Waals surface area contributed by atoms with Crippen LogP contribution >= 0.6 is 0 Å². The van der Waals surface area contributed by atoms with Gasteiger partial charge in [-0.15, -0.1) is 0 Å². The van der Waals surface area contributed by atoms with Gasteiger partial charge in [0.15, 0.2) is 0 Å². The van der Waals surface area contributed by atoms with Crippen molar-refractivity contribution in [2.45, 2.75) is 12.8 Å². The van der Waals surface area contributed by atoms with E-state index in [0.717, 1.165) is 12.8 Å². The molecule has 3 unspecified atom stereocenters. The van der Waals surface area contributed by atoms with Crippen molar-refractivity contribution >= 4 is 17.5 Å². The van der Waals surface area contributed by atoms with E-state index in [1.165, 1.54) is 0 Å². The first-order valence-electron chi connectivity index (χ1n) is 6.98. The second-order valence-corrected chi connectivity index (χ2v) is 5.54. The summed E-state index contributed by atoms with van der Waals surface area (Å²) in [5, 5.41) is 5.51. The third kappa shape index (κ3) is 2.33. The van der Waals surface area contributed by atoms with Crippen LogP contribution in [0.2, 0.25) is 0 Å². The maximum Gasteiger partial charge on any atom is 0.251 e. The van der Waals surface area contributed by atoms with E-state index in [0.29, 0.717) is 23.1 Å². The van der Waals surface area contributed by atoms with E-state index in [1.54, 1.807) is 25.2 Å². The maximum atomic E-state index is 12.3. The van der Waals surface area contributed by atoms with Gasteiger partial charge in [-0.1, -0.05) is 18.2 Å². The summed E-state index contributed by atoms with van der Waals surface area (Å²) in [6.45, 7) is 0. The zero-order valence-corrected chi connectivity index (χ0v) is 11.4. The van der Waals surface area contributed by atoms with E-state index >= 15 is 0 Å². The minimum absolute atomic E-state index is 0.0657. The van der Waals surface area contributed by atoms with Gasteiger partial charge in [0.1, 0.15) is 0 Å². The Balaban J connectivity index is 1.70. The van der Waals surface area contributed by atoms with E-state index in [2.05, 4.69) is 22.8 Å². The summed E-state index contributed by atoms with van der Waals surface area (Å²) in [5.74, 6) is 0.962. The smallest absolute Gasteiger partial charge is 0.251 e. The zero-order chi connectivity index (χ0) is 14.1. The molecule has 3 rings (SSSR count). The number of carbonyl (C=O) groups is 2.